The van der Waals surface area contributed by atoms with E-state index in [2.05, 4.69) is 333 Å². The van der Waals surface area contributed by atoms with Crippen molar-refractivity contribution in [3.05, 3.63) is 308 Å². The van der Waals surface area contributed by atoms with E-state index in [9.17, 15) is 0 Å². The van der Waals surface area contributed by atoms with Crippen molar-refractivity contribution in [1.82, 2.24) is 0 Å². The molecule has 0 N–H and O–H groups in total. The molecule has 0 atom stereocenters. The summed E-state index contributed by atoms with van der Waals surface area (Å²) in [4.78, 5) is 0. The van der Waals surface area contributed by atoms with Gasteiger partial charge in [0.2, 0.25) is 17.1 Å². The molecule has 4 heterocycles. The smallest absolute Gasteiger partial charge is 0.201 e. The quantitative estimate of drug-likeness (QED) is 0.114. The Labute approximate surface area is 487 Å². The lowest BCUT2D eigenvalue weighted by Crippen LogP contribution is -2.31. The molecule has 0 saturated carbocycles. The number of fused-ring (bicyclic) bond motifs is 3. The second-order valence-corrected chi connectivity index (χ2v) is 22.2. The van der Waals surface area contributed by atoms with Crippen molar-refractivity contribution in [2.75, 3.05) is 0 Å². The summed E-state index contributed by atoms with van der Waals surface area (Å²) >= 11 is 0. The van der Waals surface area contributed by atoms with Gasteiger partial charge in [-0.2, -0.15) is 4.57 Å². The summed E-state index contributed by atoms with van der Waals surface area (Å²) in [5.74, 6) is 0. The lowest BCUT2D eigenvalue weighted by atomic mass is 9.83. The first-order valence-corrected chi connectivity index (χ1v) is 28.8. The average Bonchev–Trinajstić information content (AvgIpc) is 3.70. The second kappa shape index (κ2) is 21.6. The molecule has 394 valence electrons. The first-order valence-electron chi connectivity index (χ1n) is 28.8. The van der Waals surface area contributed by atoms with Gasteiger partial charge in [0.25, 0.3) is 0 Å². The third-order valence-electron chi connectivity index (χ3n) is 17.0. The summed E-state index contributed by atoms with van der Waals surface area (Å²) in [6.07, 6.45) is 6.51. The number of rotatable bonds is 11. The minimum absolute atomic E-state index is 0.830. The minimum Gasteiger partial charge on any atom is -0.201 e. The van der Waals surface area contributed by atoms with E-state index in [-0.39, 0.29) is 0 Å². The third-order valence-corrected chi connectivity index (χ3v) is 17.0. The molecule has 10 aromatic carbocycles. The monoisotopic (exact) mass is 1060 g/mol. The topological polar surface area (TPSA) is 11.6 Å². The van der Waals surface area contributed by atoms with E-state index in [0.717, 1.165) is 23.2 Å². The van der Waals surface area contributed by atoms with Gasteiger partial charge < -0.3 is 0 Å². The SMILES string of the molecule is Cc1cc(-c2ccccc2-c2cc(-c3ccccc3-c3cc(C)c(-c4cccc[n+]4C)cc3-c3ccccc3)cc(-c3ccccc3-c3cc4c(cc3-c3ccccc3)-c3cccc[n+]3C4)c2)ccc1-c1cc(-c2ccccc2)cc[n+]1C. The normalized spacial score (nSPS) is 11.6. The zero-order chi connectivity index (χ0) is 56.0. The van der Waals surface area contributed by atoms with Crippen molar-refractivity contribution >= 4 is 0 Å². The fraction of sp³-hybridized carbons (Fsp3) is 0.0625. The number of aromatic nitrogens is 3. The highest BCUT2D eigenvalue weighted by Crippen LogP contribution is 2.47. The molecule has 3 heteroatoms. The molecule has 0 aliphatic carbocycles. The van der Waals surface area contributed by atoms with Crippen LogP contribution in [0.3, 0.4) is 0 Å². The Kier molecular flexibility index (Phi) is 13.2. The molecule has 0 bridgehead atoms. The van der Waals surface area contributed by atoms with Gasteiger partial charge in [0.15, 0.2) is 25.1 Å². The Bertz CT molecular complexity index is 4610. The predicted octanol–water partition coefficient (Wildman–Crippen LogP) is 18.6. The maximum absolute atomic E-state index is 2.47. The fourth-order valence-corrected chi connectivity index (χ4v) is 12.8. The van der Waals surface area contributed by atoms with Gasteiger partial charge in [-0.15, -0.1) is 0 Å². The Morgan fingerprint density at radius 2 is 0.687 bits per heavy atom. The Hall–Kier alpha value is -10.4. The van der Waals surface area contributed by atoms with Crippen LogP contribution in [0.15, 0.2) is 292 Å². The summed E-state index contributed by atoms with van der Waals surface area (Å²) < 4.78 is 6.83. The van der Waals surface area contributed by atoms with Crippen LogP contribution in [0.1, 0.15) is 16.7 Å². The van der Waals surface area contributed by atoms with Gasteiger partial charge in [0.05, 0.1) is 5.56 Å². The molecular formula is C80H62N3+3. The molecular weight excluding hydrogens is 1000 g/mol. The van der Waals surface area contributed by atoms with Crippen LogP contribution in [0.25, 0.3) is 134 Å². The Morgan fingerprint density at radius 1 is 0.229 bits per heavy atom. The molecule has 0 saturated heterocycles. The highest BCUT2D eigenvalue weighted by Gasteiger charge is 2.29. The number of hydrogen-bond donors (Lipinski definition) is 0. The highest BCUT2D eigenvalue weighted by atomic mass is 15.0. The molecule has 1 aliphatic heterocycles. The van der Waals surface area contributed by atoms with Crippen LogP contribution in [-0.4, -0.2) is 0 Å². The van der Waals surface area contributed by atoms with Crippen molar-refractivity contribution in [3.8, 4) is 134 Å². The molecule has 0 unspecified atom stereocenters. The highest BCUT2D eigenvalue weighted by molar-refractivity contribution is 5.99. The average molecular weight is 1070 g/mol. The summed E-state index contributed by atoms with van der Waals surface area (Å²) in [7, 11) is 4.27. The maximum atomic E-state index is 2.47. The van der Waals surface area contributed by atoms with E-state index < -0.39 is 0 Å². The van der Waals surface area contributed by atoms with Crippen molar-refractivity contribution in [2.45, 2.75) is 20.4 Å². The van der Waals surface area contributed by atoms with E-state index in [0.29, 0.717) is 0 Å². The zero-order valence-corrected chi connectivity index (χ0v) is 47.3. The zero-order valence-electron chi connectivity index (χ0n) is 47.3. The van der Waals surface area contributed by atoms with E-state index in [1.807, 2.05) is 0 Å². The standard InChI is InChI=1S/C80H62N3/c1-54-44-60(38-39-65(54)80-50-59(40-43-82(80)4)56-24-8-5-9-25-56)66-30-14-15-31-67(66)61-46-62(68-32-16-18-34-70(68)76-45-55(2)72(78-36-20-22-41-81(78)3)51-73(76)57-26-10-6-11-27-57)48-63(47-61)69-33-17-19-35-71(69)77-49-64-53-83-42-23-21-37-79(83)75(64)52-74(77)58-28-12-7-13-29-58/h5-52H,53H2,1-4H3/q+3. The Morgan fingerprint density at radius 3 is 1.27 bits per heavy atom. The van der Waals surface area contributed by atoms with Gasteiger partial charge in [-0.25, -0.2) is 9.13 Å². The molecule has 0 amide bonds. The third kappa shape index (κ3) is 9.56. The van der Waals surface area contributed by atoms with Gasteiger partial charge >= 0.3 is 0 Å². The first kappa shape index (κ1) is 50.8. The molecule has 13 aromatic rings. The molecule has 0 fully saturated rings. The summed E-state index contributed by atoms with van der Waals surface area (Å²) in [6, 6.07) is 101. The molecule has 1 aliphatic rings. The number of nitrogens with zero attached hydrogens (tertiary/aromatic N) is 3. The van der Waals surface area contributed by atoms with Crippen molar-refractivity contribution in [3.63, 3.8) is 0 Å². The molecule has 3 aromatic heterocycles. The van der Waals surface area contributed by atoms with Crippen LogP contribution in [0.5, 0.6) is 0 Å². The van der Waals surface area contributed by atoms with Crippen LogP contribution < -0.4 is 13.7 Å². The van der Waals surface area contributed by atoms with Crippen LogP contribution in [0, 0.1) is 13.8 Å². The molecule has 0 radical (unpaired) electrons. The molecule has 14 rings (SSSR count). The van der Waals surface area contributed by atoms with E-state index >= 15 is 0 Å². The Balaban J connectivity index is 0.976. The van der Waals surface area contributed by atoms with Crippen LogP contribution in [0.2, 0.25) is 0 Å². The lowest BCUT2D eigenvalue weighted by molar-refractivity contribution is -0.672. The van der Waals surface area contributed by atoms with Crippen LogP contribution >= 0.6 is 0 Å². The van der Waals surface area contributed by atoms with E-state index in [4.69, 9.17) is 0 Å². The largest absolute Gasteiger partial charge is 0.213 e. The second-order valence-electron chi connectivity index (χ2n) is 22.2. The lowest BCUT2D eigenvalue weighted by Gasteiger charge is -2.20. The fourth-order valence-electron chi connectivity index (χ4n) is 12.8. The van der Waals surface area contributed by atoms with Crippen molar-refractivity contribution < 1.29 is 13.7 Å². The summed E-state index contributed by atoms with van der Waals surface area (Å²) in [5.41, 5.74) is 32.4. The van der Waals surface area contributed by atoms with E-state index in [1.54, 1.807) is 0 Å². The number of aryl methyl sites for hydroxylation is 4. The molecule has 83 heavy (non-hydrogen) atoms. The number of benzene rings is 10. The number of hydrogen-bond acceptors (Lipinski definition) is 0. The number of pyridine rings is 3. The minimum atomic E-state index is 0.830. The van der Waals surface area contributed by atoms with Crippen molar-refractivity contribution in [1.29, 1.82) is 0 Å². The van der Waals surface area contributed by atoms with Gasteiger partial charge in [0, 0.05) is 53.1 Å². The molecule has 3 nitrogen and oxygen atoms in total. The predicted molar refractivity (Wildman–Crippen MR) is 343 cm³/mol. The van der Waals surface area contributed by atoms with Crippen LogP contribution in [-0.2, 0) is 20.6 Å². The van der Waals surface area contributed by atoms with Crippen LogP contribution in [0.4, 0.5) is 0 Å². The summed E-state index contributed by atoms with van der Waals surface area (Å²) in [6.45, 7) is 5.34. The maximum Gasteiger partial charge on any atom is 0.213 e. The van der Waals surface area contributed by atoms with Crippen molar-refractivity contribution in [2.24, 2.45) is 14.1 Å². The van der Waals surface area contributed by atoms with Gasteiger partial charge in [0.1, 0.15) is 14.1 Å². The van der Waals surface area contributed by atoms with Gasteiger partial charge in [-0.05, 0) is 186 Å². The summed E-state index contributed by atoms with van der Waals surface area (Å²) in [5, 5.41) is 0. The van der Waals surface area contributed by atoms with Gasteiger partial charge in [-0.3, -0.25) is 0 Å². The molecule has 0 spiro atoms. The van der Waals surface area contributed by atoms with Gasteiger partial charge in [-0.1, -0.05) is 176 Å². The van der Waals surface area contributed by atoms with E-state index in [1.165, 1.54) is 134 Å². The first-order chi connectivity index (χ1) is 40.8.